The molecule has 0 bridgehead atoms. The zero-order valence-corrected chi connectivity index (χ0v) is 10.0. The molecule has 4 heteroatoms. The summed E-state index contributed by atoms with van der Waals surface area (Å²) in [5.74, 6) is 0. The van der Waals surface area contributed by atoms with Crippen molar-refractivity contribution in [2.45, 2.75) is 0 Å². The Labute approximate surface area is 109 Å². The van der Waals surface area contributed by atoms with E-state index in [0.717, 1.165) is 33.1 Å². The molecule has 4 aromatic rings. The van der Waals surface area contributed by atoms with Crippen molar-refractivity contribution in [2.24, 2.45) is 0 Å². The molecular weight excluding hydrogens is 236 g/mol. The zero-order chi connectivity index (χ0) is 12.7. The first-order valence-electron chi connectivity index (χ1n) is 6.05. The highest BCUT2D eigenvalue weighted by Gasteiger charge is 2.10. The van der Waals surface area contributed by atoms with E-state index in [9.17, 15) is 0 Å². The Morgan fingerprint density at radius 2 is 1.79 bits per heavy atom. The number of H-pyrrole nitrogens is 1. The van der Waals surface area contributed by atoms with Crippen LogP contribution in [0.3, 0.4) is 0 Å². The summed E-state index contributed by atoms with van der Waals surface area (Å²) in [6, 6.07) is 10.2. The van der Waals surface area contributed by atoms with Crippen LogP contribution in [0, 0.1) is 0 Å². The van der Waals surface area contributed by atoms with E-state index in [1.165, 1.54) is 0 Å². The number of nitrogens with zero attached hydrogens (tertiary/aromatic N) is 3. The van der Waals surface area contributed by atoms with Gasteiger partial charge in [-0.1, -0.05) is 24.3 Å². The molecule has 3 heterocycles. The monoisotopic (exact) mass is 246 g/mol. The maximum Gasteiger partial charge on any atom is 0.0993 e. The second-order valence-electron chi connectivity index (χ2n) is 4.37. The topological polar surface area (TPSA) is 54.5 Å². The number of benzene rings is 1. The zero-order valence-electron chi connectivity index (χ0n) is 10.0. The van der Waals surface area contributed by atoms with E-state index < -0.39 is 0 Å². The van der Waals surface area contributed by atoms with Crippen molar-refractivity contribution < 1.29 is 0 Å². The van der Waals surface area contributed by atoms with Gasteiger partial charge in [0.05, 0.1) is 29.1 Å². The van der Waals surface area contributed by atoms with Gasteiger partial charge in [-0.2, -0.15) is 0 Å². The number of fused-ring (bicyclic) bond motifs is 2. The highest BCUT2D eigenvalue weighted by Crippen LogP contribution is 2.30. The molecule has 0 aliphatic rings. The van der Waals surface area contributed by atoms with Gasteiger partial charge >= 0.3 is 0 Å². The second kappa shape index (κ2) is 3.88. The number of imidazole rings is 1. The molecule has 1 aromatic carbocycles. The van der Waals surface area contributed by atoms with E-state index >= 15 is 0 Å². The summed E-state index contributed by atoms with van der Waals surface area (Å²) in [6.07, 6.45) is 7.12. The minimum absolute atomic E-state index is 0.924. The number of para-hydroxylation sites is 1. The normalized spacial score (nSPS) is 11.2. The van der Waals surface area contributed by atoms with Gasteiger partial charge in [-0.05, 0) is 6.07 Å². The predicted molar refractivity (Wildman–Crippen MR) is 74.6 cm³/mol. The first-order valence-corrected chi connectivity index (χ1v) is 6.05. The maximum atomic E-state index is 4.48. The van der Waals surface area contributed by atoms with E-state index in [-0.39, 0.29) is 0 Å². The quantitative estimate of drug-likeness (QED) is 0.561. The van der Waals surface area contributed by atoms with Crippen LogP contribution in [0.15, 0.2) is 55.2 Å². The van der Waals surface area contributed by atoms with Crippen molar-refractivity contribution in [2.75, 3.05) is 0 Å². The van der Waals surface area contributed by atoms with E-state index in [1.807, 2.05) is 24.5 Å². The van der Waals surface area contributed by atoms with Gasteiger partial charge < -0.3 is 4.98 Å². The number of nitrogens with one attached hydrogen (secondary N) is 1. The van der Waals surface area contributed by atoms with Crippen molar-refractivity contribution in [1.29, 1.82) is 0 Å². The molecule has 0 saturated carbocycles. The molecule has 19 heavy (non-hydrogen) atoms. The third kappa shape index (κ3) is 1.50. The average molecular weight is 246 g/mol. The van der Waals surface area contributed by atoms with Crippen LogP contribution in [-0.4, -0.2) is 19.9 Å². The van der Waals surface area contributed by atoms with Gasteiger partial charge in [0, 0.05) is 28.9 Å². The number of rotatable bonds is 1. The largest absolute Gasteiger partial charge is 0.343 e. The average Bonchev–Trinajstić information content (AvgIpc) is 2.95. The van der Waals surface area contributed by atoms with E-state index in [1.54, 1.807) is 12.5 Å². The summed E-state index contributed by atoms with van der Waals surface area (Å²) in [5.41, 5.74) is 4.90. The van der Waals surface area contributed by atoms with Crippen LogP contribution in [0.4, 0.5) is 0 Å². The number of hydrogen-bond acceptors (Lipinski definition) is 3. The van der Waals surface area contributed by atoms with E-state index in [0.29, 0.717) is 0 Å². The lowest BCUT2D eigenvalue weighted by Crippen LogP contribution is -1.87. The lowest BCUT2D eigenvalue weighted by atomic mass is 10.0. The van der Waals surface area contributed by atoms with Crippen molar-refractivity contribution in [1.82, 2.24) is 19.9 Å². The van der Waals surface area contributed by atoms with Gasteiger partial charge in [0.1, 0.15) is 0 Å². The van der Waals surface area contributed by atoms with Gasteiger partial charge in [0.25, 0.3) is 0 Å². The Morgan fingerprint density at radius 3 is 2.79 bits per heavy atom. The van der Waals surface area contributed by atoms with Crippen molar-refractivity contribution in [3.05, 3.63) is 55.2 Å². The molecule has 0 atom stereocenters. The molecule has 0 saturated heterocycles. The second-order valence-corrected chi connectivity index (χ2v) is 4.37. The molecule has 0 aliphatic carbocycles. The fourth-order valence-electron chi connectivity index (χ4n) is 2.38. The molecule has 0 spiro atoms. The summed E-state index contributed by atoms with van der Waals surface area (Å²) in [4.78, 5) is 16.2. The van der Waals surface area contributed by atoms with Crippen LogP contribution >= 0.6 is 0 Å². The van der Waals surface area contributed by atoms with Crippen molar-refractivity contribution >= 4 is 21.9 Å². The minimum atomic E-state index is 0.924. The van der Waals surface area contributed by atoms with Gasteiger partial charge in [0.15, 0.2) is 0 Å². The fourth-order valence-corrected chi connectivity index (χ4v) is 2.38. The highest BCUT2D eigenvalue weighted by atomic mass is 14.9. The summed E-state index contributed by atoms with van der Waals surface area (Å²) < 4.78 is 0. The number of pyridine rings is 2. The molecule has 4 nitrogen and oxygen atoms in total. The molecule has 4 rings (SSSR count). The number of aromatic nitrogens is 4. The fraction of sp³-hybridized carbons (Fsp3) is 0. The smallest absolute Gasteiger partial charge is 0.0993 e. The van der Waals surface area contributed by atoms with E-state index in [4.69, 9.17) is 0 Å². The van der Waals surface area contributed by atoms with Gasteiger partial charge in [-0.25, -0.2) is 4.98 Å². The molecule has 0 aliphatic heterocycles. The summed E-state index contributed by atoms with van der Waals surface area (Å²) in [7, 11) is 0. The van der Waals surface area contributed by atoms with Crippen molar-refractivity contribution in [3.8, 4) is 11.1 Å². The number of hydrogen-bond donors (Lipinski definition) is 1. The lowest BCUT2D eigenvalue weighted by molar-refractivity contribution is 1.33. The Morgan fingerprint density at radius 1 is 0.842 bits per heavy atom. The third-order valence-electron chi connectivity index (χ3n) is 3.25. The van der Waals surface area contributed by atoms with Crippen LogP contribution in [0.5, 0.6) is 0 Å². The SMILES string of the molecule is c1cnc2c(-c3cncc4[nH]cnc34)cccc2c1. The Hall–Kier alpha value is -2.75. The highest BCUT2D eigenvalue weighted by molar-refractivity contribution is 6.00. The molecule has 3 aromatic heterocycles. The molecular formula is C15H10N4. The summed E-state index contributed by atoms with van der Waals surface area (Å²) in [5, 5.41) is 1.12. The molecule has 1 N–H and O–H groups in total. The Balaban J connectivity index is 2.12. The molecule has 0 radical (unpaired) electrons. The lowest BCUT2D eigenvalue weighted by Gasteiger charge is -2.05. The molecule has 0 fully saturated rings. The van der Waals surface area contributed by atoms with E-state index in [2.05, 4.69) is 38.1 Å². The first kappa shape index (κ1) is 10.2. The first-order chi connectivity index (χ1) is 9.43. The van der Waals surface area contributed by atoms with Crippen LogP contribution in [0.2, 0.25) is 0 Å². The standard InChI is InChI=1S/C15H10N4/c1-3-10-4-2-6-17-14(10)11(5-1)12-7-16-8-13-15(12)19-9-18-13/h1-9H,(H,18,19). The third-order valence-corrected chi connectivity index (χ3v) is 3.25. The van der Waals surface area contributed by atoms with Gasteiger partial charge in [0.2, 0.25) is 0 Å². The predicted octanol–water partition coefficient (Wildman–Crippen LogP) is 3.17. The summed E-state index contributed by atoms with van der Waals surface area (Å²) in [6.45, 7) is 0. The molecule has 90 valence electrons. The molecule has 0 amide bonds. The molecule has 0 unspecified atom stereocenters. The van der Waals surface area contributed by atoms with Crippen molar-refractivity contribution in [3.63, 3.8) is 0 Å². The Kier molecular flexibility index (Phi) is 2.08. The van der Waals surface area contributed by atoms with Crippen LogP contribution in [0.1, 0.15) is 0 Å². The summed E-state index contributed by atoms with van der Waals surface area (Å²) >= 11 is 0. The van der Waals surface area contributed by atoms with Crippen LogP contribution < -0.4 is 0 Å². The Bertz CT molecular complexity index is 874. The van der Waals surface area contributed by atoms with Gasteiger partial charge in [-0.15, -0.1) is 0 Å². The maximum absolute atomic E-state index is 4.48. The minimum Gasteiger partial charge on any atom is -0.343 e. The van der Waals surface area contributed by atoms with Gasteiger partial charge in [-0.3, -0.25) is 9.97 Å². The van der Waals surface area contributed by atoms with Crippen LogP contribution in [-0.2, 0) is 0 Å². The number of aromatic amines is 1. The van der Waals surface area contributed by atoms with Crippen LogP contribution in [0.25, 0.3) is 33.1 Å².